The van der Waals surface area contributed by atoms with Gasteiger partial charge in [-0.25, -0.2) is 4.79 Å². The molecule has 0 fully saturated rings. The monoisotopic (exact) mass is 360 g/mol. The number of esters is 1. The molecule has 0 saturated carbocycles. The maximum absolute atomic E-state index is 13.3. The SMILES string of the molecule is COC(=O)c1ccccc1C(=O)N(Cc1ccccc1)Cc1cccnc1. The van der Waals surface area contributed by atoms with E-state index in [1.807, 2.05) is 42.5 Å². The summed E-state index contributed by atoms with van der Waals surface area (Å²) in [6, 6.07) is 20.2. The van der Waals surface area contributed by atoms with E-state index >= 15 is 0 Å². The molecule has 0 bridgehead atoms. The minimum Gasteiger partial charge on any atom is -0.465 e. The van der Waals surface area contributed by atoms with Crippen LogP contribution in [-0.2, 0) is 17.8 Å². The van der Waals surface area contributed by atoms with E-state index in [0.29, 0.717) is 18.7 Å². The van der Waals surface area contributed by atoms with Crippen molar-refractivity contribution in [2.24, 2.45) is 0 Å². The van der Waals surface area contributed by atoms with Crippen molar-refractivity contribution in [3.63, 3.8) is 0 Å². The Kier molecular flexibility index (Phi) is 5.94. The summed E-state index contributed by atoms with van der Waals surface area (Å²) in [5.74, 6) is -0.760. The number of benzene rings is 2. The number of hydrogen-bond donors (Lipinski definition) is 0. The summed E-state index contributed by atoms with van der Waals surface area (Å²) in [4.78, 5) is 31.2. The third-order valence-electron chi connectivity index (χ3n) is 4.16. The molecule has 0 unspecified atom stereocenters. The highest BCUT2D eigenvalue weighted by atomic mass is 16.5. The standard InChI is InChI=1S/C22H20N2O3/c1-27-22(26)20-12-6-5-11-19(20)21(25)24(15-17-8-3-2-4-9-17)16-18-10-7-13-23-14-18/h2-14H,15-16H2,1H3. The molecule has 5 nitrogen and oxygen atoms in total. The number of amides is 1. The quantitative estimate of drug-likeness (QED) is 0.629. The van der Waals surface area contributed by atoms with Crippen molar-refractivity contribution in [2.45, 2.75) is 13.1 Å². The molecule has 136 valence electrons. The number of carbonyl (C=O) groups is 2. The van der Waals surface area contributed by atoms with Gasteiger partial charge in [0.2, 0.25) is 0 Å². The van der Waals surface area contributed by atoms with Gasteiger partial charge in [0.25, 0.3) is 5.91 Å². The van der Waals surface area contributed by atoms with E-state index in [1.54, 1.807) is 41.6 Å². The molecule has 2 aromatic carbocycles. The van der Waals surface area contributed by atoms with Gasteiger partial charge in [0.05, 0.1) is 18.2 Å². The van der Waals surface area contributed by atoms with Gasteiger partial charge >= 0.3 is 5.97 Å². The molecule has 0 atom stereocenters. The van der Waals surface area contributed by atoms with Gasteiger partial charge in [-0.15, -0.1) is 0 Å². The second kappa shape index (κ2) is 8.76. The lowest BCUT2D eigenvalue weighted by Crippen LogP contribution is -2.31. The molecule has 0 radical (unpaired) electrons. The van der Waals surface area contributed by atoms with E-state index < -0.39 is 5.97 Å². The average molecular weight is 360 g/mol. The van der Waals surface area contributed by atoms with Crippen LogP contribution in [0.5, 0.6) is 0 Å². The van der Waals surface area contributed by atoms with Gasteiger partial charge in [0.1, 0.15) is 0 Å². The first-order chi connectivity index (χ1) is 13.2. The largest absolute Gasteiger partial charge is 0.465 e. The van der Waals surface area contributed by atoms with Crippen molar-refractivity contribution in [2.75, 3.05) is 7.11 Å². The number of pyridine rings is 1. The van der Waals surface area contributed by atoms with E-state index in [2.05, 4.69) is 4.98 Å². The normalized spacial score (nSPS) is 10.3. The van der Waals surface area contributed by atoms with Crippen molar-refractivity contribution in [1.29, 1.82) is 0 Å². The van der Waals surface area contributed by atoms with Gasteiger partial charge in [-0.1, -0.05) is 48.5 Å². The third kappa shape index (κ3) is 4.58. The second-order valence-corrected chi connectivity index (χ2v) is 6.05. The first-order valence-electron chi connectivity index (χ1n) is 8.58. The van der Waals surface area contributed by atoms with Gasteiger partial charge in [-0.3, -0.25) is 9.78 Å². The minimum atomic E-state index is -0.528. The average Bonchev–Trinajstić information content (AvgIpc) is 2.73. The summed E-state index contributed by atoms with van der Waals surface area (Å²) in [6.45, 7) is 0.807. The van der Waals surface area contributed by atoms with Crippen LogP contribution < -0.4 is 0 Å². The Labute approximate surface area is 158 Å². The van der Waals surface area contributed by atoms with Gasteiger partial charge in [-0.05, 0) is 29.3 Å². The summed E-state index contributed by atoms with van der Waals surface area (Å²) in [6.07, 6.45) is 3.43. The van der Waals surface area contributed by atoms with E-state index in [0.717, 1.165) is 11.1 Å². The van der Waals surface area contributed by atoms with Crippen LogP contribution in [0.15, 0.2) is 79.1 Å². The first-order valence-corrected chi connectivity index (χ1v) is 8.58. The minimum absolute atomic E-state index is 0.233. The van der Waals surface area contributed by atoms with Crippen LogP contribution in [0.25, 0.3) is 0 Å². The number of aromatic nitrogens is 1. The van der Waals surface area contributed by atoms with Gasteiger partial charge in [0.15, 0.2) is 0 Å². The number of hydrogen-bond acceptors (Lipinski definition) is 4. The predicted molar refractivity (Wildman–Crippen MR) is 102 cm³/mol. The fraction of sp³-hybridized carbons (Fsp3) is 0.136. The molecule has 1 aromatic heterocycles. The fourth-order valence-electron chi connectivity index (χ4n) is 2.84. The number of methoxy groups -OCH3 is 1. The smallest absolute Gasteiger partial charge is 0.338 e. The van der Waals surface area contributed by atoms with Crippen LogP contribution in [0.1, 0.15) is 31.8 Å². The van der Waals surface area contributed by atoms with Gasteiger partial charge in [0, 0.05) is 25.5 Å². The predicted octanol–water partition coefficient (Wildman–Crippen LogP) is 3.71. The number of nitrogens with zero attached hydrogens (tertiary/aromatic N) is 2. The molecule has 0 saturated heterocycles. The van der Waals surface area contributed by atoms with Crippen molar-refractivity contribution in [3.8, 4) is 0 Å². The van der Waals surface area contributed by atoms with E-state index in [-0.39, 0.29) is 11.5 Å². The summed E-state index contributed by atoms with van der Waals surface area (Å²) in [5.41, 5.74) is 2.50. The van der Waals surface area contributed by atoms with Crippen LogP contribution in [0, 0.1) is 0 Å². The zero-order valence-corrected chi connectivity index (χ0v) is 15.0. The highest BCUT2D eigenvalue weighted by Gasteiger charge is 2.22. The topological polar surface area (TPSA) is 59.5 Å². The van der Waals surface area contributed by atoms with Crippen LogP contribution in [0.4, 0.5) is 0 Å². The van der Waals surface area contributed by atoms with Gasteiger partial charge in [-0.2, -0.15) is 0 Å². The molecule has 1 heterocycles. The van der Waals surface area contributed by atoms with Crippen LogP contribution in [-0.4, -0.2) is 28.9 Å². The summed E-state index contributed by atoms with van der Waals surface area (Å²) in [7, 11) is 1.31. The van der Waals surface area contributed by atoms with Crippen molar-refractivity contribution in [1.82, 2.24) is 9.88 Å². The lowest BCUT2D eigenvalue weighted by molar-refractivity contribution is 0.0588. The van der Waals surface area contributed by atoms with Crippen molar-refractivity contribution >= 4 is 11.9 Å². The van der Waals surface area contributed by atoms with Crippen LogP contribution in [0.3, 0.4) is 0 Å². The molecule has 3 aromatic rings. The van der Waals surface area contributed by atoms with E-state index in [4.69, 9.17) is 4.74 Å². The Bertz CT molecular complexity index is 870. The molecule has 0 aliphatic heterocycles. The lowest BCUT2D eigenvalue weighted by Gasteiger charge is -2.24. The maximum Gasteiger partial charge on any atom is 0.338 e. The first kappa shape index (κ1) is 18.3. The molecular formula is C22H20N2O3. The Hall–Kier alpha value is -3.47. The summed E-state index contributed by atoms with van der Waals surface area (Å²) >= 11 is 0. The van der Waals surface area contributed by atoms with Gasteiger partial charge < -0.3 is 9.64 Å². The van der Waals surface area contributed by atoms with Crippen LogP contribution >= 0.6 is 0 Å². The Balaban J connectivity index is 1.94. The van der Waals surface area contributed by atoms with Crippen molar-refractivity contribution < 1.29 is 14.3 Å². The Morgan fingerprint density at radius 3 is 2.15 bits per heavy atom. The molecule has 0 spiro atoms. The molecular weight excluding hydrogens is 340 g/mol. The van der Waals surface area contributed by atoms with Crippen molar-refractivity contribution in [3.05, 3.63) is 101 Å². The fourth-order valence-corrected chi connectivity index (χ4v) is 2.84. The number of ether oxygens (including phenoxy) is 1. The van der Waals surface area contributed by atoms with Crippen LogP contribution in [0.2, 0.25) is 0 Å². The molecule has 27 heavy (non-hydrogen) atoms. The third-order valence-corrected chi connectivity index (χ3v) is 4.16. The zero-order valence-electron chi connectivity index (χ0n) is 15.0. The van der Waals surface area contributed by atoms with E-state index in [1.165, 1.54) is 7.11 Å². The lowest BCUT2D eigenvalue weighted by atomic mass is 10.1. The highest BCUT2D eigenvalue weighted by Crippen LogP contribution is 2.17. The molecule has 0 aliphatic carbocycles. The molecule has 1 amide bonds. The zero-order chi connectivity index (χ0) is 19.1. The molecule has 3 rings (SSSR count). The summed E-state index contributed by atoms with van der Waals surface area (Å²) < 4.78 is 4.82. The molecule has 5 heteroatoms. The highest BCUT2D eigenvalue weighted by molar-refractivity contribution is 6.05. The second-order valence-electron chi connectivity index (χ2n) is 6.05. The Morgan fingerprint density at radius 1 is 0.852 bits per heavy atom. The number of carbonyl (C=O) groups excluding carboxylic acids is 2. The maximum atomic E-state index is 13.3. The molecule has 0 N–H and O–H groups in total. The molecule has 0 aliphatic rings. The summed E-state index contributed by atoms with van der Waals surface area (Å²) in [5, 5.41) is 0. The number of rotatable bonds is 6. The van der Waals surface area contributed by atoms with E-state index in [9.17, 15) is 9.59 Å². The Morgan fingerprint density at radius 2 is 1.48 bits per heavy atom.